The van der Waals surface area contributed by atoms with Gasteiger partial charge in [-0.1, -0.05) is 12.1 Å². The Bertz CT molecular complexity index is 425. The van der Waals surface area contributed by atoms with Crippen LogP contribution in [0, 0.1) is 0 Å². The van der Waals surface area contributed by atoms with Crippen LogP contribution in [0.15, 0.2) is 35.7 Å². The predicted octanol–water partition coefficient (Wildman–Crippen LogP) is 0.561. The highest BCUT2D eigenvalue weighted by molar-refractivity contribution is 7.16. The minimum absolute atomic E-state index is 0.861. The summed E-state index contributed by atoms with van der Waals surface area (Å²) in [6.07, 6.45) is 0. The van der Waals surface area contributed by atoms with Crippen molar-refractivity contribution in [1.82, 2.24) is 0 Å². The minimum Gasteiger partial charge on any atom is -0.254 e. The molecule has 2 heteroatoms. The predicted molar refractivity (Wildman–Crippen MR) is 46.9 cm³/mol. The summed E-state index contributed by atoms with van der Waals surface area (Å²) < 4.78 is 1.24. The van der Waals surface area contributed by atoms with E-state index in [2.05, 4.69) is 6.07 Å². The first-order valence-electron chi connectivity index (χ1n) is 3.43. The monoisotopic (exact) mass is 162 g/mol. The second kappa shape index (κ2) is 2.47. The second-order valence-corrected chi connectivity index (χ2v) is 3.32. The number of fused-ring (bicyclic) bond motifs is 1. The van der Waals surface area contributed by atoms with Crippen molar-refractivity contribution in [3.63, 3.8) is 0 Å². The van der Waals surface area contributed by atoms with Gasteiger partial charge in [-0.2, -0.15) is 0 Å². The third-order valence-corrected chi connectivity index (χ3v) is 2.52. The van der Waals surface area contributed by atoms with Crippen molar-refractivity contribution in [3.05, 3.63) is 41.1 Å². The van der Waals surface area contributed by atoms with Crippen LogP contribution in [-0.2, 0) is 0 Å². The van der Waals surface area contributed by atoms with Crippen LogP contribution in [0.4, 0.5) is 0 Å². The quantitative estimate of drug-likeness (QED) is 0.586. The van der Waals surface area contributed by atoms with Gasteiger partial charge in [-0.25, -0.2) is 0 Å². The van der Waals surface area contributed by atoms with Crippen LogP contribution >= 0.6 is 11.3 Å². The molecule has 0 radical (unpaired) electrons. The smallest absolute Gasteiger partial charge is 0.206 e. The highest BCUT2D eigenvalue weighted by Crippen LogP contribution is 2.12. The molecule has 0 saturated heterocycles. The van der Waals surface area contributed by atoms with Crippen LogP contribution in [-0.4, -0.2) is 0 Å². The molecular formula is C9H8NS+. The molecule has 0 fully saturated rings. The number of hydrogen-bond donors (Lipinski definition) is 1. The Labute approximate surface area is 68.4 Å². The lowest BCUT2D eigenvalue weighted by Crippen LogP contribution is -2.44. The van der Waals surface area contributed by atoms with E-state index >= 15 is 0 Å². The minimum atomic E-state index is 0.861. The molecule has 54 valence electrons. The Morgan fingerprint density at radius 2 is 1.91 bits per heavy atom. The maximum atomic E-state index is 5.76. The third kappa shape index (κ3) is 1.05. The van der Waals surface area contributed by atoms with Crippen LogP contribution < -0.4 is 10.8 Å². The molecule has 0 unspecified atom stereocenters. The normalized spacial score (nSPS) is 10.2. The average Bonchev–Trinajstić information content (AvgIpc) is 2.06. The van der Waals surface area contributed by atoms with Gasteiger partial charge in [0.05, 0.1) is 5.39 Å². The van der Waals surface area contributed by atoms with Crippen molar-refractivity contribution in [3.8, 4) is 0 Å². The molecule has 1 nitrogen and oxygen atoms in total. The van der Waals surface area contributed by atoms with E-state index in [0.717, 1.165) is 10.7 Å². The highest BCUT2D eigenvalue weighted by Gasteiger charge is 1.94. The Morgan fingerprint density at radius 1 is 1.09 bits per heavy atom. The molecule has 0 bridgehead atoms. The summed E-state index contributed by atoms with van der Waals surface area (Å²) in [6.45, 7) is 0. The lowest BCUT2D eigenvalue weighted by atomic mass is 10.2. The van der Waals surface area contributed by atoms with E-state index in [-0.39, 0.29) is 0 Å². The number of benzene rings is 1. The molecule has 1 aromatic heterocycles. The summed E-state index contributed by atoms with van der Waals surface area (Å²) in [5, 5.41) is 9.79. The summed E-state index contributed by atoms with van der Waals surface area (Å²) in [5.74, 6) is 0. The molecule has 0 aliphatic rings. The van der Waals surface area contributed by atoms with Crippen molar-refractivity contribution < 1.29 is 5.41 Å². The zero-order chi connectivity index (χ0) is 7.68. The van der Waals surface area contributed by atoms with Crippen molar-refractivity contribution in [1.29, 1.82) is 0 Å². The molecule has 0 aliphatic carbocycles. The topological polar surface area (TPSA) is 25.6 Å². The molecule has 2 N–H and O–H groups in total. The molecule has 0 amide bonds. The Kier molecular flexibility index (Phi) is 1.47. The molecule has 1 heterocycles. The number of rotatable bonds is 0. The maximum Gasteiger partial charge on any atom is 0.206 e. The molecular weight excluding hydrogens is 154 g/mol. The van der Waals surface area contributed by atoms with Gasteiger partial charge in [0.15, 0.2) is 0 Å². The van der Waals surface area contributed by atoms with Crippen LogP contribution in [0.2, 0.25) is 0 Å². The first-order valence-corrected chi connectivity index (χ1v) is 4.31. The fourth-order valence-electron chi connectivity index (χ4n) is 1.08. The summed E-state index contributed by atoms with van der Waals surface area (Å²) in [4.78, 5) is 0. The maximum absolute atomic E-state index is 5.76. The molecule has 0 spiro atoms. The van der Waals surface area contributed by atoms with Crippen LogP contribution in [0.3, 0.4) is 0 Å². The van der Waals surface area contributed by atoms with E-state index in [1.165, 1.54) is 4.70 Å². The van der Waals surface area contributed by atoms with Gasteiger partial charge in [-0.15, -0.1) is 11.3 Å². The molecule has 0 saturated carbocycles. The van der Waals surface area contributed by atoms with Crippen molar-refractivity contribution in [2.24, 2.45) is 0 Å². The summed E-state index contributed by atoms with van der Waals surface area (Å²) in [5.41, 5.74) is 0. The molecule has 2 aromatic rings. The highest BCUT2D eigenvalue weighted by atomic mass is 32.1. The van der Waals surface area contributed by atoms with Crippen molar-refractivity contribution in [2.75, 3.05) is 0 Å². The van der Waals surface area contributed by atoms with Gasteiger partial charge in [0, 0.05) is 10.8 Å². The van der Waals surface area contributed by atoms with Gasteiger partial charge < -0.3 is 0 Å². The van der Waals surface area contributed by atoms with Crippen LogP contribution in [0.25, 0.3) is 10.1 Å². The van der Waals surface area contributed by atoms with E-state index < -0.39 is 0 Å². The fourth-order valence-corrected chi connectivity index (χ4v) is 1.91. The summed E-state index contributed by atoms with van der Waals surface area (Å²) in [6, 6.07) is 10.1. The zero-order valence-electron chi connectivity index (χ0n) is 5.95. The fraction of sp³-hybridized carbons (Fsp3) is 0. The molecule has 1 aromatic carbocycles. The Hall–Kier alpha value is -1.15. The lowest BCUT2D eigenvalue weighted by molar-refractivity contribution is -0.170. The van der Waals surface area contributed by atoms with E-state index in [1.54, 1.807) is 11.3 Å². The van der Waals surface area contributed by atoms with Gasteiger partial charge in [0.25, 0.3) is 0 Å². The Balaban J connectivity index is 3.03. The van der Waals surface area contributed by atoms with Crippen LogP contribution in [0.1, 0.15) is 0 Å². The van der Waals surface area contributed by atoms with E-state index in [4.69, 9.17) is 5.41 Å². The van der Waals surface area contributed by atoms with Crippen molar-refractivity contribution >= 4 is 21.4 Å². The SMILES string of the molecule is [NH2+]=c1ccsc2ccccc12. The lowest BCUT2D eigenvalue weighted by Gasteiger charge is -1.89. The van der Waals surface area contributed by atoms with Gasteiger partial charge >= 0.3 is 0 Å². The molecule has 11 heavy (non-hydrogen) atoms. The molecule has 2 rings (SSSR count). The van der Waals surface area contributed by atoms with E-state index in [1.807, 2.05) is 29.6 Å². The van der Waals surface area contributed by atoms with Gasteiger partial charge in [-0.05, 0) is 17.5 Å². The number of nitrogens with two attached hydrogens (primary N) is 1. The zero-order valence-corrected chi connectivity index (χ0v) is 6.77. The van der Waals surface area contributed by atoms with Gasteiger partial charge in [0.2, 0.25) is 5.36 Å². The van der Waals surface area contributed by atoms with Crippen LogP contribution in [0.5, 0.6) is 0 Å². The van der Waals surface area contributed by atoms with Crippen molar-refractivity contribution in [2.45, 2.75) is 0 Å². The molecule has 0 atom stereocenters. The first kappa shape index (κ1) is 6.55. The third-order valence-electron chi connectivity index (χ3n) is 1.64. The largest absolute Gasteiger partial charge is 0.254 e. The Morgan fingerprint density at radius 3 is 2.73 bits per heavy atom. The van der Waals surface area contributed by atoms with E-state index in [9.17, 15) is 0 Å². The second-order valence-electron chi connectivity index (χ2n) is 2.37. The van der Waals surface area contributed by atoms with E-state index in [0.29, 0.717) is 0 Å². The van der Waals surface area contributed by atoms with Gasteiger partial charge in [0.1, 0.15) is 0 Å². The first-order chi connectivity index (χ1) is 5.38. The molecule has 0 aliphatic heterocycles. The number of hydrogen-bond acceptors (Lipinski definition) is 1. The summed E-state index contributed by atoms with van der Waals surface area (Å²) >= 11 is 1.71. The standard InChI is InChI=1S/C9H7NS/c10-8-5-6-11-9-4-2-1-3-7(8)9/h1-6,10H/p+1. The van der Waals surface area contributed by atoms with Gasteiger partial charge in [-0.3, -0.25) is 5.41 Å². The summed E-state index contributed by atoms with van der Waals surface area (Å²) in [7, 11) is 0. The average molecular weight is 162 g/mol.